The maximum Gasteiger partial charge on any atom is 0.238 e. The fraction of sp³-hybridized carbons (Fsp3) is 0.400. The Morgan fingerprint density at radius 3 is 2.82 bits per heavy atom. The van der Waals surface area contributed by atoms with Crippen molar-refractivity contribution in [2.24, 2.45) is 0 Å². The number of thioether (sulfide) groups is 2. The summed E-state index contributed by atoms with van der Waals surface area (Å²) in [5.74, 6) is 0.771. The zero-order valence-corrected chi connectivity index (χ0v) is 15.0. The summed E-state index contributed by atoms with van der Waals surface area (Å²) in [6.07, 6.45) is 0. The third-order valence-corrected chi connectivity index (χ3v) is 5.77. The van der Waals surface area contributed by atoms with E-state index in [2.05, 4.69) is 31.3 Å². The van der Waals surface area contributed by atoms with Gasteiger partial charge in [-0.25, -0.2) is 0 Å². The summed E-state index contributed by atoms with van der Waals surface area (Å²) in [6.45, 7) is 5.01. The summed E-state index contributed by atoms with van der Waals surface area (Å²) >= 11 is 7.97. The molecular formula is C15H18N2O2S3. The number of hydrogen-bond donors (Lipinski definition) is 1. The summed E-state index contributed by atoms with van der Waals surface area (Å²) in [5, 5.41) is 2.82. The molecule has 22 heavy (non-hydrogen) atoms. The number of rotatable bonds is 6. The number of benzene rings is 1. The lowest BCUT2D eigenvalue weighted by molar-refractivity contribution is -0.124. The molecule has 1 aromatic carbocycles. The zero-order valence-electron chi connectivity index (χ0n) is 12.5. The molecule has 118 valence electrons. The molecule has 1 aliphatic heterocycles. The van der Waals surface area contributed by atoms with E-state index in [-0.39, 0.29) is 11.8 Å². The van der Waals surface area contributed by atoms with E-state index in [9.17, 15) is 9.59 Å². The highest BCUT2D eigenvalue weighted by Crippen LogP contribution is 2.21. The highest BCUT2D eigenvalue weighted by atomic mass is 32.2. The molecule has 0 spiro atoms. The van der Waals surface area contributed by atoms with Crippen LogP contribution in [-0.4, -0.2) is 45.6 Å². The minimum atomic E-state index is -0.0338. The Morgan fingerprint density at radius 1 is 1.41 bits per heavy atom. The number of nitrogens with zero attached hydrogens (tertiary/aromatic N) is 1. The monoisotopic (exact) mass is 354 g/mol. The lowest BCUT2D eigenvalue weighted by Crippen LogP contribution is -2.37. The number of amides is 2. The van der Waals surface area contributed by atoms with Gasteiger partial charge in [-0.2, -0.15) is 0 Å². The highest BCUT2D eigenvalue weighted by Gasteiger charge is 2.25. The molecular weight excluding hydrogens is 336 g/mol. The number of hydrogen-bond acceptors (Lipinski definition) is 5. The number of nitrogens with one attached hydrogen (secondary N) is 1. The average Bonchev–Trinajstić information content (AvgIpc) is 2.80. The minimum Gasteiger partial charge on any atom is -0.354 e. The van der Waals surface area contributed by atoms with Gasteiger partial charge in [-0.05, 0) is 37.1 Å². The van der Waals surface area contributed by atoms with Gasteiger partial charge in [0.25, 0.3) is 0 Å². The van der Waals surface area contributed by atoms with Crippen LogP contribution in [0.25, 0.3) is 0 Å². The standard InChI is InChI=1S/C15H18N2O2S3/c1-10-3-4-12(7-11(10)2)21-8-13(18)16-5-6-17-14(19)9-22-15(17)20/h3-4,7H,5-6,8-9H2,1-2H3,(H,16,18). The molecule has 1 saturated heterocycles. The number of aryl methyl sites for hydroxylation is 2. The molecule has 1 N–H and O–H groups in total. The predicted molar refractivity (Wildman–Crippen MR) is 96.4 cm³/mol. The summed E-state index contributed by atoms with van der Waals surface area (Å²) in [6, 6.07) is 6.18. The molecule has 2 amide bonds. The van der Waals surface area contributed by atoms with Gasteiger partial charge in [0.05, 0.1) is 11.5 Å². The van der Waals surface area contributed by atoms with Crippen LogP contribution in [0.15, 0.2) is 23.1 Å². The molecule has 0 bridgehead atoms. The molecule has 0 atom stereocenters. The average molecular weight is 355 g/mol. The summed E-state index contributed by atoms with van der Waals surface area (Å²) in [4.78, 5) is 26.0. The van der Waals surface area contributed by atoms with Crippen molar-refractivity contribution in [1.29, 1.82) is 0 Å². The predicted octanol–water partition coefficient (Wildman–Crippen LogP) is 2.37. The molecule has 0 aliphatic carbocycles. The molecule has 0 radical (unpaired) electrons. The highest BCUT2D eigenvalue weighted by molar-refractivity contribution is 8.23. The Balaban J connectivity index is 1.70. The third-order valence-electron chi connectivity index (χ3n) is 3.35. The SMILES string of the molecule is Cc1ccc(SCC(=O)NCCN2C(=O)CSC2=S)cc1C. The molecule has 0 saturated carbocycles. The topological polar surface area (TPSA) is 49.4 Å². The van der Waals surface area contributed by atoms with Gasteiger partial charge in [0.1, 0.15) is 4.32 Å². The van der Waals surface area contributed by atoms with Crippen molar-refractivity contribution in [1.82, 2.24) is 10.2 Å². The molecule has 1 fully saturated rings. The van der Waals surface area contributed by atoms with Crippen molar-refractivity contribution in [3.05, 3.63) is 29.3 Å². The van der Waals surface area contributed by atoms with Gasteiger partial charge in [-0.1, -0.05) is 30.0 Å². The molecule has 0 unspecified atom stereocenters. The first-order chi connectivity index (χ1) is 10.5. The van der Waals surface area contributed by atoms with E-state index >= 15 is 0 Å². The van der Waals surface area contributed by atoms with E-state index in [0.29, 0.717) is 28.9 Å². The van der Waals surface area contributed by atoms with Crippen LogP contribution in [0.3, 0.4) is 0 Å². The van der Waals surface area contributed by atoms with Crippen LogP contribution in [0.2, 0.25) is 0 Å². The summed E-state index contributed by atoms with van der Waals surface area (Å²) < 4.78 is 0.601. The normalized spacial score (nSPS) is 14.5. The van der Waals surface area contributed by atoms with Gasteiger partial charge < -0.3 is 5.32 Å². The van der Waals surface area contributed by atoms with Gasteiger partial charge >= 0.3 is 0 Å². The van der Waals surface area contributed by atoms with Crippen LogP contribution in [0.1, 0.15) is 11.1 Å². The van der Waals surface area contributed by atoms with Gasteiger partial charge in [0.2, 0.25) is 11.8 Å². The van der Waals surface area contributed by atoms with E-state index < -0.39 is 0 Å². The largest absolute Gasteiger partial charge is 0.354 e. The van der Waals surface area contributed by atoms with Gasteiger partial charge in [-0.15, -0.1) is 11.8 Å². The first-order valence-electron chi connectivity index (χ1n) is 6.91. The van der Waals surface area contributed by atoms with Crippen LogP contribution >= 0.6 is 35.7 Å². The Hall–Kier alpha value is -1.05. The third kappa shape index (κ3) is 4.72. The van der Waals surface area contributed by atoms with Crippen LogP contribution in [0, 0.1) is 13.8 Å². The molecule has 2 rings (SSSR count). The molecule has 0 aromatic heterocycles. The van der Waals surface area contributed by atoms with Crippen molar-refractivity contribution < 1.29 is 9.59 Å². The molecule has 1 heterocycles. The second-order valence-electron chi connectivity index (χ2n) is 4.98. The maximum atomic E-state index is 11.8. The quantitative estimate of drug-likeness (QED) is 0.628. The maximum absolute atomic E-state index is 11.8. The second-order valence-corrected chi connectivity index (χ2v) is 7.64. The van der Waals surface area contributed by atoms with Crippen LogP contribution < -0.4 is 5.32 Å². The van der Waals surface area contributed by atoms with E-state index in [4.69, 9.17) is 12.2 Å². The van der Waals surface area contributed by atoms with E-state index in [0.717, 1.165) is 4.90 Å². The van der Waals surface area contributed by atoms with E-state index in [1.807, 2.05) is 6.07 Å². The van der Waals surface area contributed by atoms with Gasteiger partial charge in [0, 0.05) is 18.0 Å². The van der Waals surface area contributed by atoms with Crippen molar-refractivity contribution in [2.45, 2.75) is 18.7 Å². The van der Waals surface area contributed by atoms with Crippen molar-refractivity contribution in [2.75, 3.05) is 24.6 Å². The number of carbonyl (C=O) groups is 2. The number of carbonyl (C=O) groups excluding carboxylic acids is 2. The first kappa shape index (κ1) is 17.3. The Labute approximate surface area is 144 Å². The molecule has 1 aromatic rings. The lowest BCUT2D eigenvalue weighted by atomic mass is 10.1. The van der Waals surface area contributed by atoms with Crippen molar-refractivity contribution >= 4 is 51.9 Å². The fourth-order valence-electron chi connectivity index (χ4n) is 1.91. The molecule has 4 nitrogen and oxygen atoms in total. The van der Waals surface area contributed by atoms with Crippen LogP contribution in [-0.2, 0) is 9.59 Å². The van der Waals surface area contributed by atoms with Crippen molar-refractivity contribution in [3.63, 3.8) is 0 Å². The second kappa shape index (κ2) is 7.99. The smallest absolute Gasteiger partial charge is 0.238 e. The zero-order chi connectivity index (χ0) is 16.1. The Bertz CT molecular complexity index is 588. The van der Waals surface area contributed by atoms with Crippen molar-refractivity contribution in [3.8, 4) is 0 Å². The molecule has 7 heteroatoms. The van der Waals surface area contributed by atoms with Gasteiger partial charge in [-0.3, -0.25) is 14.5 Å². The lowest BCUT2D eigenvalue weighted by Gasteiger charge is -2.15. The Morgan fingerprint density at radius 2 is 2.18 bits per heavy atom. The number of thiocarbonyl (C=S) groups is 1. The summed E-state index contributed by atoms with van der Waals surface area (Å²) in [7, 11) is 0. The fourth-order valence-corrected chi connectivity index (χ4v) is 3.85. The van der Waals surface area contributed by atoms with Crippen LogP contribution in [0.5, 0.6) is 0 Å². The summed E-state index contributed by atoms with van der Waals surface area (Å²) in [5.41, 5.74) is 2.47. The van der Waals surface area contributed by atoms with Crippen LogP contribution in [0.4, 0.5) is 0 Å². The van der Waals surface area contributed by atoms with E-state index in [1.165, 1.54) is 34.7 Å². The minimum absolute atomic E-state index is 0.0220. The van der Waals surface area contributed by atoms with E-state index in [1.54, 1.807) is 4.90 Å². The first-order valence-corrected chi connectivity index (χ1v) is 9.29. The Kier molecular flexibility index (Phi) is 6.28. The van der Waals surface area contributed by atoms with Gasteiger partial charge in [0.15, 0.2) is 0 Å². The molecule has 1 aliphatic rings.